The lowest BCUT2D eigenvalue weighted by molar-refractivity contribution is -0.132. The van der Waals surface area contributed by atoms with Crippen molar-refractivity contribution in [2.75, 3.05) is 32.7 Å². The normalized spacial score (nSPS) is 14.7. The molecule has 1 N–H and O–H groups in total. The summed E-state index contributed by atoms with van der Waals surface area (Å²) in [6, 6.07) is 14.2. The fourth-order valence-corrected chi connectivity index (χ4v) is 3.39. The Balaban J connectivity index is 1.40. The van der Waals surface area contributed by atoms with Gasteiger partial charge in [0.1, 0.15) is 5.82 Å². The predicted molar refractivity (Wildman–Crippen MR) is 106 cm³/mol. The van der Waals surface area contributed by atoms with Crippen molar-refractivity contribution in [2.24, 2.45) is 0 Å². The van der Waals surface area contributed by atoms with Gasteiger partial charge in [-0.25, -0.2) is 4.39 Å². The van der Waals surface area contributed by atoms with Crippen molar-refractivity contribution < 1.29 is 14.0 Å². The Morgan fingerprint density at radius 2 is 1.68 bits per heavy atom. The largest absolute Gasteiger partial charge is 0.352 e. The van der Waals surface area contributed by atoms with Gasteiger partial charge in [0.25, 0.3) is 5.91 Å². The average Bonchev–Trinajstić information content (AvgIpc) is 2.70. The summed E-state index contributed by atoms with van der Waals surface area (Å²) >= 11 is 0. The van der Waals surface area contributed by atoms with E-state index in [1.165, 1.54) is 6.07 Å². The molecular weight excluding hydrogens is 357 g/mol. The van der Waals surface area contributed by atoms with Crippen LogP contribution in [0.4, 0.5) is 4.39 Å². The summed E-state index contributed by atoms with van der Waals surface area (Å²) in [6.07, 6.45) is 0.283. The molecule has 0 spiro atoms. The molecule has 1 saturated heterocycles. The van der Waals surface area contributed by atoms with Crippen molar-refractivity contribution >= 4 is 11.8 Å². The van der Waals surface area contributed by atoms with Crippen molar-refractivity contribution in [1.29, 1.82) is 0 Å². The Bertz CT molecular complexity index is 832. The second kappa shape index (κ2) is 9.46. The number of hydrogen-bond acceptors (Lipinski definition) is 3. The molecule has 2 aromatic rings. The number of nitrogens with one attached hydrogen (secondary N) is 1. The molecular formula is C22H26FN3O2. The Hall–Kier alpha value is -2.73. The molecule has 1 aliphatic heterocycles. The quantitative estimate of drug-likeness (QED) is 0.834. The fraction of sp³-hybridized carbons (Fsp3) is 0.364. The molecule has 5 nitrogen and oxygen atoms in total. The molecule has 1 fully saturated rings. The van der Waals surface area contributed by atoms with Crippen LogP contribution in [-0.2, 0) is 11.3 Å². The summed E-state index contributed by atoms with van der Waals surface area (Å²) in [7, 11) is 0. The van der Waals surface area contributed by atoms with E-state index in [0.29, 0.717) is 37.3 Å². The SMILES string of the molecule is Cc1ccccc1C(=O)NCCC(=O)N1CCN(Cc2ccccc2F)CC1. The minimum absolute atomic E-state index is 0.0376. The number of rotatable bonds is 6. The summed E-state index contributed by atoms with van der Waals surface area (Å²) < 4.78 is 13.8. The molecule has 2 amide bonds. The Morgan fingerprint density at radius 1 is 1.00 bits per heavy atom. The zero-order valence-electron chi connectivity index (χ0n) is 16.2. The highest BCUT2D eigenvalue weighted by molar-refractivity contribution is 5.95. The molecule has 28 heavy (non-hydrogen) atoms. The van der Waals surface area contributed by atoms with E-state index < -0.39 is 0 Å². The van der Waals surface area contributed by atoms with Crippen LogP contribution in [-0.4, -0.2) is 54.3 Å². The molecule has 1 aliphatic rings. The van der Waals surface area contributed by atoms with Gasteiger partial charge in [0.2, 0.25) is 5.91 Å². The Kier molecular flexibility index (Phi) is 6.76. The van der Waals surface area contributed by atoms with Crippen LogP contribution in [0.3, 0.4) is 0 Å². The van der Waals surface area contributed by atoms with Crippen LogP contribution in [0.5, 0.6) is 0 Å². The third kappa shape index (κ3) is 5.16. The standard InChI is InChI=1S/C22H26FN3O2/c1-17-6-2-4-8-19(17)22(28)24-11-10-21(27)26-14-12-25(13-15-26)16-18-7-3-5-9-20(18)23/h2-9H,10-16H2,1H3,(H,24,28). The van der Waals surface area contributed by atoms with Gasteiger partial charge in [-0.1, -0.05) is 36.4 Å². The molecule has 2 aromatic carbocycles. The molecule has 148 valence electrons. The smallest absolute Gasteiger partial charge is 0.251 e. The highest BCUT2D eigenvalue weighted by Gasteiger charge is 2.21. The Labute approximate surface area is 165 Å². The first-order valence-corrected chi connectivity index (χ1v) is 9.62. The maximum Gasteiger partial charge on any atom is 0.251 e. The van der Waals surface area contributed by atoms with Gasteiger partial charge >= 0.3 is 0 Å². The molecule has 0 bridgehead atoms. The second-order valence-electron chi connectivity index (χ2n) is 7.07. The highest BCUT2D eigenvalue weighted by Crippen LogP contribution is 2.12. The summed E-state index contributed by atoms with van der Waals surface area (Å²) in [5.74, 6) is -0.304. The molecule has 0 aliphatic carbocycles. The molecule has 0 aromatic heterocycles. The van der Waals surface area contributed by atoms with Gasteiger partial charge in [-0.2, -0.15) is 0 Å². The fourth-order valence-electron chi connectivity index (χ4n) is 3.39. The minimum atomic E-state index is -0.189. The first kappa shape index (κ1) is 20.0. The van der Waals surface area contributed by atoms with Crippen LogP contribution in [0.25, 0.3) is 0 Å². The number of aryl methyl sites for hydroxylation is 1. The van der Waals surface area contributed by atoms with Gasteiger partial charge in [-0.3, -0.25) is 14.5 Å². The maximum atomic E-state index is 13.8. The number of halogens is 1. The van der Waals surface area contributed by atoms with Crippen LogP contribution in [0.15, 0.2) is 48.5 Å². The van der Waals surface area contributed by atoms with E-state index >= 15 is 0 Å². The summed E-state index contributed by atoms with van der Waals surface area (Å²) in [5.41, 5.74) is 2.23. The van der Waals surface area contributed by atoms with E-state index in [1.54, 1.807) is 18.2 Å². The number of amides is 2. The zero-order chi connectivity index (χ0) is 19.9. The van der Waals surface area contributed by atoms with Crippen molar-refractivity contribution in [3.8, 4) is 0 Å². The third-order valence-electron chi connectivity index (χ3n) is 5.09. The van der Waals surface area contributed by atoms with E-state index in [0.717, 1.165) is 18.7 Å². The molecule has 0 saturated carbocycles. The van der Waals surface area contributed by atoms with Gasteiger partial charge in [0.05, 0.1) is 0 Å². The van der Waals surface area contributed by atoms with Crippen LogP contribution in [0, 0.1) is 12.7 Å². The minimum Gasteiger partial charge on any atom is -0.352 e. The number of carbonyl (C=O) groups excluding carboxylic acids is 2. The first-order chi connectivity index (χ1) is 13.5. The van der Waals surface area contributed by atoms with Crippen LogP contribution in [0.2, 0.25) is 0 Å². The van der Waals surface area contributed by atoms with Crippen molar-refractivity contribution in [1.82, 2.24) is 15.1 Å². The van der Waals surface area contributed by atoms with E-state index in [2.05, 4.69) is 10.2 Å². The van der Waals surface area contributed by atoms with Crippen molar-refractivity contribution in [3.63, 3.8) is 0 Å². The molecule has 1 heterocycles. The van der Waals surface area contributed by atoms with Crippen LogP contribution >= 0.6 is 0 Å². The summed E-state index contributed by atoms with van der Waals surface area (Å²) in [4.78, 5) is 28.6. The molecule has 0 radical (unpaired) electrons. The summed E-state index contributed by atoms with van der Waals surface area (Å²) in [5, 5.41) is 2.82. The van der Waals surface area contributed by atoms with E-state index in [4.69, 9.17) is 0 Å². The van der Waals surface area contributed by atoms with E-state index in [-0.39, 0.29) is 24.1 Å². The van der Waals surface area contributed by atoms with Gasteiger partial charge in [0, 0.05) is 56.8 Å². The number of nitrogens with zero attached hydrogens (tertiary/aromatic N) is 2. The average molecular weight is 383 g/mol. The van der Waals surface area contributed by atoms with Gasteiger partial charge < -0.3 is 10.2 Å². The monoisotopic (exact) mass is 383 g/mol. The van der Waals surface area contributed by atoms with Crippen LogP contribution in [0.1, 0.15) is 27.9 Å². The lowest BCUT2D eigenvalue weighted by atomic mass is 10.1. The first-order valence-electron chi connectivity index (χ1n) is 9.62. The van der Waals surface area contributed by atoms with Crippen molar-refractivity contribution in [2.45, 2.75) is 19.9 Å². The van der Waals surface area contributed by atoms with Crippen molar-refractivity contribution in [3.05, 3.63) is 71.0 Å². The molecule has 0 unspecified atom stereocenters. The van der Waals surface area contributed by atoms with Gasteiger partial charge in [0.15, 0.2) is 0 Å². The third-order valence-corrected chi connectivity index (χ3v) is 5.09. The maximum absolute atomic E-state index is 13.8. The summed E-state index contributed by atoms with van der Waals surface area (Å²) in [6.45, 7) is 5.45. The van der Waals surface area contributed by atoms with E-state index in [9.17, 15) is 14.0 Å². The van der Waals surface area contributed by atoms with Gasteiger partial charge in [-0.15, -0.1) is 0 Å². The highest BCUT2D eigenvalue weighted by atomic mass is 19.1. The second-order valence-corrected chi connectivity index (χ2v) is 7.07. The Morgan fingerprint density at radius 3 is 2.39 bits per heavy atom. The number of benzene rings is 2. The lowest BCUT2D eigenvalue weighted by Gasteiger charge is -2.34. The van der Waals surface area contributed by atoms with Gasteiger partial charge in [-0.05, 0) is 24.6 Å². The molecule has 3 rings (SSSR count). The number of hydrogen-bond donors (Lipinski definition) is 1. The predicted octanol–water partition coefficient (Wildman–Crippen LogP) is 2.60. The number of carbonyl (C=O) groups is 2. The molecule has 6 heteroatoms. The molecule has 0 atom stereocenters. The lowest BCUT2D eigenvalue weighted by Crippen LogP contribution is -2.48. The van der Waals surface area contributed by atoms with Crippen LogP contribution < -0.4 is 5.32 Å². The number of piperazine rings is 1. The van der Waals surface area contributed by atoms with E-state index in [1.807, 2.05) is 36.1 Å². The topological polar surface area (TPSA) is 52.7 Å². The zero-order valence-corrected chi connectivity index (χ0v) is 16.2.